The number of rotatable bonds is 8. The number of imide groups is 1. The highest BCUT2D eigenvalue weighted by molar-refractivity contribution is 5.99. The number of aliphatic carboxylic acids is 1. The van der Waals surface area contributed by atoms with Crippen molar-refractivity contribution in [1.82, 2.24) is 19.8 Å². The van der Waals surface area contributed by atoms with Crippen molar-refractivity contribution in [2.75, 3.05) is 13.1 Å². The highest BCUT2D eigenvalue weighted by atomic mass is 16.4. The van der Waals surface area contributed by atoms with Gasteiger partial charge in [0.1, 0.15) is 6.54 Å². The second-order valence-electron chi connectivity index (χ2n) is 8.77. The normalized spacial score (nSPS) is 23.8. The van der Waals surface area contributed by atoms with Crippen molar-refractivity contribution < 1.29 is 19.5 Å². The number of amides is 2. The number of aromatic nitrogens is 2. The molecule has 1 saturated carbocycles. The summed E-state index contributed by atoms with van der Waals surface area (Å²) in [7, 11) is 0. The lowest BCUT2D eigenvalue weighted by molar-refractivity contribution is -0.138. The number of likely N-dealkylation sites (tertiary alicyclic amines) is 1. The van der Waals surface area contributed by atoms with Crippen LogP contribution >= 0.6 is 0 Å². The smallest absolute Gasteiger partial charge is 0.323 e. The maximum Gasteiger partial charge on any atom is 0.323 e. The van der Waals surface area contributed by atoms with Gasteiger partial charge in [-0.3, -0.25) is 24.6 Å². The third kappa shape index (κ3) is 6.48. The molecule has 0 spiro atoms. The summed E-state index contributed by atoms with van der Waals surface area (Å²) in [5.74, 6) is -0.571. The Labute approximate surface area is 182 Å². The minimum atomic E-state index is -0.922. The van der Waals surface area contributed by atoms with Crippen molar-refractivity contribution in [2.24, 2.45) is 17.6 Å². The predicted molar refractivity (Wildman–Crippen MR) is 116 cm³/mol. The molecular formula is C22H33N5O4. The Morgan fingerprint density at radius 1 is 1.29 bits per heavy atom. The zero-order valence-electron chi connectivity index (χ0n) is 18.1. The van der Waals surface area contributed by atoms with E-state index in [9.17, 15) is 14.4 Å². The molecule has 1 unspecified atom stereocenters. The number of carbonyl (C=O) groups excluding carboxylic acids is 2. The van der Waals surface area contributed by atoms with Crippen LogP contribution in [0.15, 0.2) is 18.6 Å². The fraction of sp³-hybridized carbons (Fsp3) is 0.636. The molecule has 2 aliphatic rings. The minimum Gasteiger partial charge on any atom is -0.480 e. The van der Waals surface area contributed by atoms with E-state index in [1.54, 1.807) is 13.1 Å². The van der Waals surface area contributed by atoms with Gasteiger partial charge in [0.25, 0.3) is 0 Å². The van der Waals surface area contributed by atoms with Crippen LogP contribution in [0.3, 0.4) is 0 Å². The zero-order chi connectivity index (χ0) is 22.4. The summed E-state index contributed by atoms with van der Waals surface area (Å²) < 4.78 is 1.51. The summed E-state index contributed by atoms with van der Waals surface area (Å²) in [5.41, 5.74) is 6.27. The molecule has 0 bridgehead atoms. The first-order chi connectivity index (χ1) is 14.8. The number of nitrogens with one attached hydrogen (secondary N) is 1. The molecule has 1 aromatic heterocycles. The van der Waals surface area contributed by atoms with Crippen LogP contribution in [0.5, 0.6) is 0 Å². The van der Waals surface area contributed by atoms with E-state index >= 15 is 0 Å². The van der Waals surface area contributed by atoms with E-state index < -0.39 is 17.9 Å². The summed E-state index contributed by atoms with van der Waals surface area (Å²) in [4.78, 5) is 41.9. The average molecular weight is 432 g/mol. The third-order valence-corrected chi connectivity index (χ3v) is 6.31. The molecule has 4 N–H and O–H groups in total. The van der Waals surface area contributed by atoms with Crippen LogP contribution < -0.4 is 11.1 Å². The quantitative estimate of drug-likeness (QED) is 0.564. The van der Waals surface area contributed by atoms with Crippen LogP contribution in [0, 0.1) is 11.8 Å². The number of hydrogen-bond donors (Lipinski definition) is 3. The van der Waals surface area contributed by atoms with Crippen molar-refractivity contribution in [1.29, 1.82) is 0 Å². The second-order valence-corrected chi connectivity index (χ2v) is 8.77. The minimum absolute atomic E-state index is 0.133. The molecule has 31 heavy (non-hydrogen) atoms. The molecule has 1 saturated heterocycles. The first-order valence-electron chi connectivity index (χ1n) is 11.1. The Bertz CT molecular complexity index is 813. The molecule has 9 nitrogen and oxygen atoms in total. The monoisotopic (exact) mass is 431 g/mol. The summed E-state index contributed by atoms with van der Waals surface area (Å²) in [6.45, 7) is 2.81. The van der Waals surface area contributed by atoms with Gasteiger partial charge in [0.15, 0.2) is 0 Å². The van der Waals surface area contributed by atoms with Crippen LogP contribution in [0.25, 0.3) is 6.08 Å². The van der Waals surface area contributed by atoms with Crippen LogP contribution in [0.4, 0.5) is 0 Å². The van der Waals surface area contributed by atoms with Crippen molar-refractivity contribution in [3.05, 3.63) is 24.3 Å². The first-order valence-corrected chi connectivity index (χ1v) is 11.1. The van der Waals surface area contributed by atoms with Gasteiger partial charge < -0.3 is 15.4 Å². The van der Waals surface area contributed by atoms with E-state index in [4.69, 9.17) is 10.8 Å². The topological polar surface area (TPSA) is 131 Å². The fourth-order valence-corrected chi connectivity index (χ4v) is 4.69. The maximum absolute atomic E-state index is 12.8. The Kier molecular flexibility index (Phi) is 7.97. The Balaban J connectivity index is 1.64. The van der Waals surface area contributed by atoms with E-state index in [1.807, 2.05) is 12.2 Å². The van der Waals surface area contributed by atoms with Crippen molar-refractivity contribution in [3.8, 4) is 0 Å². The average Bonchev–Trinajstić information content (AvgIpc) is 3.35. The van der Waals surface area contributed by atoms with Gasteiger partial charge in [-0.2, -0.15) is 0 Å². The lowest BCUT2D eigenvalue weighted by Crippen LogP contribution is -2.49. The first kappa shape index (κ1) is 23.1. The molecule has 1 aromatic rings. The highest BCUT2D eigenvalue weighted by Crippen LogP contribution is 2.37. The van der Waals surface area contributed by atoms with Gasteiger partial charge in [-0.05, 0) is 31.3 Å². The number of hydrogen-bond acceptors (Lipinski definition) is 6. The molecule has 0 aromatic carbocycles. The van der Waals surface area contributed by atoms with Crippen LogP contribution in [0.1, 0.15) is 51.1 Å². The van der Waals surface area contributed by atoms with Gasteiger partial charge in [0, 0.05) is 19.3 Å². The molecule has 2 amide bonds. The molecule has 3 rings (SSSR count). The van der Waals surface area contributed by atoms with Crippen LogP contribution in [0.2, 0.25) is 0 Å². The van der Waals surface area contributed by atoms with E-state index in [0.717, 1.165) is 13.0 Å². The molecule has 2 heterocycles. The van der Waals surface area contributed by atoms with E-state index in [0.29, 0.717) is 24.1 Å². The molecular weight excluding hydrogens is 398 g/mol. The summed E-state index contributed by atoms with van der Waals surface area (Å²) >= 11 is 0. The Morgan fingerprint density at radius 2 is 2.03 bits per heavy atom. The van der Waals surface area contributed by atoms with Gasteiger partial charge in [-0.25, -0.2) is 4.98 Å². The summed E-state index contributed by atoms with van der Waals surface area (Å²) in [6, 6.07) is -1.09. The molecule has 1 aliphatic heterocycles. The van der Waals surface area contributed by atoms with Gasteiger partial charge in [-0.15, -0.1) is 0 Å². The lowest BCUT2D eigenvalue weighted by atomic mass is 9.79. The highest BCUT2D eigenvalue weighted by Gasteiger charge is 2.40. The molecule has 0 radical (unpaired) electrons. The van der Waals surface area contributed by atoms with E-state index in [-0.39, 0.29) is 18.5 Å². The van der Waals surface area contributed by atoms with Crippen molar-refractivity contribution >= 4 is 23.9 Å². The van der Waals surface area contributed by atoms with Crippen LogP contribution in [-0.4, -0.2) is 62.5 Å². The number of imidazole rings is 1. The van der Waals surface area contributed by atoms with Crippen molar-refractivity contribution in [2.45, 2.75) is 64.1 Å². The Hall–Kier alpha value is -2.52. The van der Waals surface area contributed by atoms with Crippen LogP contribution in [-0.2, 0) is 20.9 Å². The predicted octanol–water partition coefficient (Wildman–Crippen LogP) is 1.24. The number of carbonyl (C=O) groups is 3. The van der Waals surface area contributed by atoms with Gasteiger partial charge in [-0.1, -0.05) is 38.2 Å². The van der Waals surface area contributed by atoms with Gasteiger partial charge in [0.2, 0.25) is 11.8 Å². The third-order valence-electron chi connectivity index (χ3n) is 6.31. The van der Waals surface area contributed by atoms with Gasteiger partial charge in [0.05, 0.1) is 24.1 Å². The number of carboxylic acids is 1. The maximum atomic E-state index is 12.8. The number of carboxylic acid groups (broad SMARTS) is 1. The molecule has 170 valence electrons. The molecule has 9 heteroatoms. The second kappa shape index (κ2) is 10.7. The number of nitrogens with zero attached hydrogens (tertiary/aromatic N) is 3. The standard InChI is InChI=1S/C22H33N5O4/c1-15(23)21(30)25-22(31)19-10-17(16-6-3-2-4-7-16)11-27(19)9-5-8-18-12-26(14-24-18)13-20(28)29/h5,8,12,14-17,19H,2-4,6-7,9-11,13,23H2,1H3,(H,28,29)(H,25,30,31)/b8-5+/t15-,17?,19-/m0/s1. The molecule has 2 fully saturated rings. The van der Waals surface area contributed by atoms with Gasteiger partial charge >= 0.3 is 5.97 Å². The fourth-order valence-electron chi connectivity index (χ4n) is 4.69. The molecule has 1 aliphatic carbocycles. The van der Waals surface area contributed by atoms with E-state index in [1.165, 1.54) is 43.0 Å². The van der Waals surface area contributed by atoms with E-state index in [2.05, 4.69) is 15.2 Å². The number of nitrogens with two attached hydrogens (primary N) is 1. The SMILES string of the molecule is C[C@H](N)C(=O)NC(=O)[C@@H]1CC(C2CCCCC2)CN1C/C=C/c1cn(CC(=O)O)cn1. The largest absolute Gasteiger partial charge is 0.480 e. The zero-order valence-corrected chi connectivity index (χ0v) is 18.1. The summed E-state index contributed by atoms with van der Waals surface area (Å²) in [5, 5.41) is 11.3. The lowest BCUT2D eigenvalue weighted by Gasteiger charge is -2.27. The molecule has 3 atom stereocenters. The van der Waals surface area contributed by atoms with Crippen molar-refractivity contribution in [3.63, 3.8) is 0 Å². The summed E-state index contributed by atoms with van der Waals surface area (Å²) in [6.07, 6.45) is 13.9. The Morgan fingerprint density at radius 3 is 2.71 bits per heavy atom.